The number of aryl methyl sites for hydroxylation is 1. The molecule has 1 heterocycles. The van der Waals surface area contributed by atoms with Gasteiger partial charge in [-0.2, -0.15) is 5.10 Å². The smallest absolute Gasteiger partial charge is 0.274 e. The summed E-state index contributed by atoms with van der Waals surface area (Å²) in [5.74, 6) is -0.367. The molecule has 1 aromatic heterocycles. The summed E-state index contributed by atoms with van der Waals surface area (Å²) in [6.45, 7) is 4.18. The maximum Gasteiger partial charge on any atom is 0.293 e. The number of hydrogen-bond acceptors (Lipinski definition) is 3. The van der Waals surface area contributed by atoms with Crippen LogP contribution in [0.2, 0.25) is 5.02 Å². The first-order valence-electron chi connectivity index (χ1n) is 7.94. The zero-order chi connectivity index (χ0) is 17.8. The van der Waals surface area contributed by atoms with E-state index >= 15 is 0 Å². The molecule has 0 atom stereocenters. The molecule has 0 unspecified atom stereocenters. The molecule has 1 amide bonds. The van der Waals surface area contributed by atoms with Crippen LogP contribution in [0.3, 0.4) is 0 Å². The van der Waals surface area contributed by atoms with E-state index < -0.39 is 0 Å². The van der Waals surface area contributed by atoms with Crippen LogP contribution in [0.25, 0.3) is 16.9 Å². The molecule has 5 nitrogen and oxygen atoms in total. The number of nitrogens with zero attached hydrogens (tertiary/aromatic N) is 2. The normalized spacial score (nSPS) is 10.7. The maximum absolute atomic E-state index is 12.5. The quantitative estimate of drug-likeness (QED) is 0.698. The molecule has 6 heteroatoms. The lowest BCUT2D eigenvalue weighted by molar-refractivity contribution is 0.0357. The van der Waals surface area contributed by atoms with Crippen LogP contribution in [0.15, 0.2) is 54.6 Å². The monoisotopic (exact) mass is 355 g/mol. The van der Waals surface area contributed by atoms with E-state index in [0.29, 0.717) is 23.0 Å². The maximum atomic E-state index is 12.5. The number of carbonyl (C=O) groups excluding carboxylic acids is 1. The molecule has 0 saturated heterocycles. The molecule has 25 heavy (non-hydrogen) atoms. The zero-order valence-corrected chi connectivity index (χ0v) is 14.7. The van der Waals surface area contributed by atoms with Gasteiger partial charge in [0.2, 0.25) is 0 Å². The highest BCUT2D eigenvalue weighted by atomic mass is 35.5. The SMILES string of the molecule is CCONC(=O)c1cc(-c2ccccc2Cl)nn1-c1ccc(C)cc1. The molecule has 1 N–H and O–H groups in total. The van der Waals surface area contributed by atoms with Gasteiger partial charge in [0, 0.05) is 5.56 Å². The van der Waals surface area contributed by atoms with Crippen molar-refractivity contribution in [3.05, 3.63) is 70.9 Å². The molecule has 3 aromatic rings. The first kappa shape index (κ1) is 17.2. The highest BCUT2D eigenvalue weighted by molar-refractivity contribution is 6.33. The van der Waals surface area contributed by atoms with E-state index in [-0.39, 0.29) is 5.91 Å². The second-order valence-electron chi connectivity index (χ2n) is 5.51. The largest absolute Gasteiger partial charge is 0.293 e. The summed E-state index contributed by atoms with van der Waals surface area (Å²) in [7, 11) is 0. The average Bonchev–Trinajstić information content (AvgIpc) is 3.06. The van der Waals surface area contributed by atoms with Crippen LogP contribution in [-0.4, -0.2) is 22.3 Å². The van der Waals surface area contributed by atoms with Crippen LogP contribution in [0.4, 0.5) is 0 Å². The first-order chi connectivity index (χ1) is 12.1. The molecule has 0 aliphatic carbocycles. The van der Waals surface area contributed by atoms with E-state index in [1.165, 1.54) is 0 Å². The Balaban J connectivity index is 2.09. The fourth-order valence-electron chi connectivity index (χ4n) is 2.42. The van der Waals surface area contributed by atoms with Gasteiger partial charge in [-0.15, -0.1) is 0 Å². The van der Waals surface area contributed by atoms with Crippen molar-refractivity contribution in [1.82, 2.24) is 15.3 Å². The summed E-state index contributed by atoms with van der Waals surface area (Å²) in [6.07, 6.45) is 0. The highest BCUT2D eigenvalue weighted by Crippen LogP contribution is 2.28. The fraction of sp³-hybridized carbons (Fsp3) is 0.158. The Labute approximate surface area is 151 Å². The van der Waals surface area contributed by atoms with Gasteiger partial charge >= 0.3 is 0 Å². The third-order valence-electron chi connectivity index (χ3n) is 3.68. The second-order valence-corrected chi connectivity index (χ2v) is 5.91. The number of amides is 1. The molecule has 0 bridgehead atoms. The van der Waals surface area contributed by atoms with E-state index in [4.69, 9.17) is 16.4 Å². The van der Waals surface area contributed by atoms with Crippen molar-refractivity contribution in [3.8, 4) is 16.9 Å². The Morgan fingerprint density at radius 2 is 1.92 bits per heavy atom. The van der Waals surface area contributed by atoms with Gasteiger partial charge in [0.15, 0.2) is 0 Å². The lowest BCUT2D eigenvalue weighted by Crippen LogP contribution is -2.26. The lowest BCUT2D eigenvalue weighted by atomic mass is 10.1. The highest BCUT2D eigenvalue weighted by Gasteiger charge is 2.18. The van der Waals surface area contributed by atoms with Crippen molar-refractivity contribution in [1.29, 1.82) is 0 Å². The van der Waals surface area contributed by atoms with Gasteiger partial charge in [-0.3, -0.25) is 9.63 Å². The summed E-state index contributed by atoms with van der Waals surface area (Å²) >= 11 is 6.28. The molecule has 0 saturated carbocycles. The van der Waals surface area contributed by atoms with Gasteiger partial charge in [-0.05, 0) is 38.1 Å². The van der Waals surface area contributed by atoms with Gasteiger partial charge in [0.05, 0.1) is 23.0 Å². The van der Waals surface area contributed by atoms with E-state index in [9.17, 15) is 4.79 Å². The first-order valence-corrected chi connectivity index (χ1v) is 8.32. The van der Waals surface area contributed by atoms with Crippen LogP contribution in [-0.2, 0) is 4.84 Å². The number of aromatic nitrogens is 2. The summed E-state index contributed by atoms with van der Waals surface area (Å²) in [5, 5.41) is 5.16. The summed E-state index contributed by atoms with van der Waals surface area (Å²) < 4.78 is 1.59. The van der Waals surface area contributed by atoms with Crippen molar-refractivity contribution in [2.45, 2.75) is 13.8 Å². The third-order valence-corrected chi connectivity index (χ3v) is 4.01. The Morgan fingerprint density at radius 1 is 1.20 bits per heavy atom. The average molecular weight is 356 g/mol. The molecule has 0 spiro atoms. The minimum atomic E-state index is -0.367. The topological polar surface area (TPSA) is 56.1 Å². The van der Waals surface area contributed by atoms with Gasteiger partial charge in [0.1, 0.15) is 5.69 Å². The summed E-state index contributed by atoms with van der Waals surface area (Å²) in [4.78, 5) is 17.5. The molecule has 0 aliphatic heterocycles. The summed E-state index contributed by atoms with van der Waals surface area (Å²) in [5.41, 5.74) is 6.08. The number of benzene rings is 2. The number of hydroxylamine groups is 1. The number of nitrogens with one attached hydrogen (secondary N) is 1. The van der Waals surface area contributed by atoms with E-state index in [1.807, 2.05) is 49.4 Å². The van der Waals surface area contributed by atoms with E-state index in [1.54, 1.807) is 23.7 Å². The van der Waals surface area contributed by atoms with Gasteiger partial charge in [-0.25, -0.2) is 10.2 Å². The van der Waals surface area contributed by atoms with Crippen molar-refractivity contribution in [2.75, 3.05) is 6.61 Å². The predicted molar refractivity (Wildman–Crippen MR) is 97.8 cm³/mol. The Kier molecular flexibility index (Phi) is 5.16. The molecular weight excluding hydrogens is 338 g/mol. The molecule has 0 aliphatic rings. The molecular formula is C19H18ClN3O2. The molecule has 3 rings (SSSR count). The predicted octanol–water partition coefficient (Wildman–Crippen LogP) is 4.18. The van der Waals surface area contributed by atoms with E-state index in [2.05, 4.69) is 10.6 Å². The van der Waals surface area contributed by atoms with Gasteiger partial charge < -0.3 is 0 Å². The van der Waals surface area contributed by atoms with Gasteiger partial charge in [0.25, 0.3) is 5.91 Å². The Bertz CT molecular complexity index is 888. The van der Waals surface area contributed by atoms with Crippen molar-refractivity contribution < 1.29 is 9.63 Å². The third kappa shape index (κ3) is 3.73. The van der Waals surface area contributed by atoms with Crippen LogP contribution in [0.5, 0.6) is 0 Å². The van der Waals surface area contributed by atoms with Crippen LogP contribution in [0, 0.1) is 6.92 Å². The van der Waals surface area contributed by atoms with Crippen molar-refractivity contribution in [3.63, 3.8) is 0 Å². The second kappa shape index (κ2) is 7.51. The van der Waals surface area contributed by atoms with Crippen LogP contribution in [0.1, 0.15) is 23.0 Å². The zero-order valence-electron chi connectivity index (χ0n) is 14.0. The molecule has 0 radical (unpaired) electrons. The van der Waals surface area contributed by atoms with Crippen LogP contribution < -0.4 is 5.48 Å². The Morgan fingerprint density at radius 3 is 2.60 bits per heavy atom. The number of halogens is 1. The van der Waals surface area contributed by atoms with Gasteiger partial charge in [-0.1, -0.05) is 47.5 Å². The molecule has 0 fully saturated rings. The van der Waals surface area contributed by atoms with Crippen molar-refractivity contribution >= 4 is 17.5 Å². The molecule has 128 valence electrons. The summed E-state index contributed by atoms with van der Waals surface area (Å²) in [6, 6.07) is 16.9. The fourth-order valence-corrected chi connectivity index (χ4v) is 2.65. The van der Waals surface area contributed by atoms with Crippen molar-refractivity contribution in [2.24, 2.45) is 0 Å². The lowest BCUT2D eigenvalue weighted by Gasteiger charge is -2.08. The number of hydrogen-bond donors (Lipinski definition) is 1. The Hall–Kier alpha value is -2.63. The number of carbonyl (C=O) groups is 1. The minimum Gasteiger partial charge on any atom is -0.274 e. The number of rotatable bonds is 5. The minimum absolute atomic E-state index is 0.367. The molecule has 2 aromatic carbocycles. The van der Waals surface area contributed by atoms with E-state index in [0.717, 1.165) is 16.8 Å². The van der Waals surface area contributed by atoms with Crippen LogP contribution >= 0.6 is 11.6 Å². The standard InChI is InChI=1S/C19H18ClN3O2/c1-3-25-22-19(24)18-12-17(15-6-4-5-7-16(15)20)21-23(18)14-10-8-13(2)9-11-14/h4-12H,3H2,1-2H3,(H,22,24).